The smallest absolute Gasteiger partial charge is 0.418 e. The van der Waals surface area contributed by atoms with Crippen molar-refractivity contribution in [3.8, 4) is 17.1 Å². The van der Waals surface area contributed by atoms with Crippen molar-refractivity contribution in [2.24, 2.45) is 0 Å². The van der Waals surface area contributed by atoms with Gasteiger partial charge in [-0.2, -0.15) is 36.2 Å². The van der Waals surface area contributed by atoms with Gasteiger partial charge in [-0.15, -0.1) is 0 Å². The van der Waals surface area contributed by atoms with E-state index in [0.29, 0.717) is 5.56 Å². The first kappa shape index (κ1) is 25.9. The second-order valence-electron chi connectivity index (χ2n) is 7.58. The van der Waals surface area contributed by atoms with Crippen molar-refractivity contribution in [3.05, 3.63) is 65.7 Å². The summed E-state index contributed by atoms with van der Waals surface area (Å²) in [6, 6.07) is 12.6. The van der Waals surface area contributed by atoms with Gasteiger partial charge in [-0.25, -0.2) is 4.98 Å². The molecule has 4 rings (SSSR count). The molecule has 12 heteroatoms. The lowest BCUT2D eigenvalue weighted by Crippen LogP contribution is -2.25. The highest BCUT2D eigenvalue weighted by atomic mass is 32.2. The standard InChI is InChI=1S/C22H20F3N3O3S.CO2/c1-14-6-2-3-9-16(14)21-17(22(23,24)25)12-13-18(26-21)28-32(29,30)20-11-5-10-19(27-20)31-15-7-4-8-15;2-1-3/h2-3,5-6,9-13,15H,4,7-8H2,1H3,(H,26,28);. The van der Waals surface area contributed by atoms with Crippen LogP contribution in [0, 0.1) is 6.92 Å². The van der Waals surface area contributed by atoms with E-state index in [-0.39, 0.29) is 40.2 Å². The van der Waals surface area contributed by atoms with E-state index in [1.807, 2.05) is 0 Å². The Balaban J connectivity index is 0.00000108. The highest BCUT2D eigenvalue weighted by Crippen LogP contribution is 2.38. The van der Waals surface area contributed by atoms with Crippen LogP contribution in [0.5, 0.6) is 5.88 Å². The van der Waals surface area contributed by atoms with Crippen molar-refractivity contribution in [2.75, 3.05) is 4.72 Å². The minimum Gasteiger partial charge on any atom is -0.474 e. The van der Waals surface area contributed by atoms with Crippen LogP contribution < -0.4 is 9.46 Å². The number of aromatic nitrogens is 2. The van der Waals surface area contributed by atoms with E-state index in [4.69, 9.17) is 14.3 Å². The zero-order chi connectivity index (χ0) is 25.6. The van der Waals surface area contributed by atoms with Crippen LogP contribution in [0.4, 0.5) is 19.0 Å². The maximum absolute atomic E-state index is 13.6. The van der Waals surface area contributed by atoms with Crippen molar-refractivity contribution in [3.63, 3.8) is 0 Å². The summed E-state index contributed by atoms with van der Waals surface area (Å²) in [5.74, 6) is -0.0677. The number of benzene rings is 1. The van der Waals surface area contributed by atoms with Gasteiger partial charge >= 0.3 is 12.3 Å². The average Bonchev–Trinajstić information content (AvgIpc) is 2.76. The number of ether oxygens (including phenoxy) is 1. The fourth-order valence-electron chi connectivity index (χ4n) is 3.25. The first-order valence-electron chi connectivity index (χ1n) is 10.3. The van der Waals surface area contributed by atoms with Crippen LogP contribution in [0.15, 0.2) is 59.6 Å². The van der Waals surface area contributed by atoms with Gasteiger partial charge in [0.05, 0.1) is 11.3 Å². The number of nitrogens with zero attached hydrogens (tertiary/aromatic N) is 2. The van der Waals surface area contributed by atoms with Crippen molar-refractivity contribution < 1.29 is 35.9 Å². The number of alkyl halides is 3. The van der Waals surface area contributed by atoms with E-state index in [1.54, 1.807) is 31.2 Å². The molecule has 0 atom stereocenters. The Kier molecular flexibility index (Phi) is 7.88. The monoisotopic (exact) mass is 507 g/mol. The molecule has 0 aliphatic heterocycles. The molecular formula is C23H20F3N3O5S. The van der Waals surface area contributed by atoms with Crippen molar-refractivity contribution in [2.45, 2.75) is 43.5 Å². The van der Waals surface area contributed by atoms with Gasteiger partial charge in [-0.05, 0) is 49.9 Å². The predicted octanol–water partition coefficient (Wildman–Crippen LogP) is 4.62. The molecule has 35 heavy (non-hydrogen) atoms. The topological polar surface area (TPSA) is 115 Å². The van der Waals surface area contributed by atoms with Crippen LogP contribution in [0.1, 0.15) is 30.4 Å². The minimum absolute atomic E-state index is 0.0154. The Hall–Kier alpha value is -3.76. The van der Waals surface area contributed by atoms with E-state index in [0.717, 1.165) is 31.4 Å². The molecule has 1 fully saturated rings. The molecule has 0 amide bonds. The zero-order valence-electron chi connectivity index (χ0n) is 18.4. The van der Waals surface area contributed by atoms with Gasteiger partial charge in [0, 0.05) is 11.6 Å². The third kappa shape index (κ3) is 6.43. The fourth-order valence-corrected chi connectivity index (χ4v) is 4.21. The molecular weight excluding hydrogens is 487 g/mol. The second kappa shape index (κ2) is 10.7. The van der Waals surface area contributed by atoms with Gasteiger partial charge in [-0.1, -0.05) is 30.3 Å². The molecule has 3 aromatic rings. The number of rotatable bonds is 6. The SMILES string of the molecule is Cc1ccccc1-c1nc(NS(=O)(=O)c2cccc(OC3CCC3)n2)ccc1C(F)(F)F.O=C=O. The number of carbonyl (C=O) groups excluding carboxylic acids is 2. The number of aryl methyl sites for hydroxylation is 1. The quantitative estimate of drug-likeness (QED) is 0.518. The lowest BCUT2D eigenvalue weighted by atomic mass is 9.96. The summed E-state index contributed by atoms with van der Waals surface area (Å²) in [6.07, 6.45) is -1.58. The summed E-state index contributed by atoms with van der Waals surface area (Å²) in [6.45, 7) is 1.66. The first-order chi connectivity index (χ1) is 16.5. The van der Waals surface area contributed by atoms with E-state index in [9.17, 15) is 21.6 Å². The van der Waals surface area contributed by atoms with Gasteiger partial charge in [0.15, 0.2) is 5.03 Å². The molecule has 0 unspecified atom stereocenters. The maximum atomic E-state index is 13.6. The van der Waals surface area contributed by atoms with Crippen LogP contribution >= 0.6 is 0 Å². The number of halogens is 3. The van der Waals surface area contributed by atoms with E-state index >= 15 is 0 Å². The predicted molar refractivity (Wildman–Crippen MR) is 118 cm³/mol. The van der Waals surface area contributed by atoms with E-state index in [1.165, 1.54) is 18.2 Å². The number of sulfonamides is 1. The van der Waals surface area contributed by atoms with Gasteiger partial charge in [0.1, 0.15) is 11.9 Å². The molecule has 0 saturated heterocycles. The molecule has 0 radical (unpaired) electrons. The number of nitrogens with one attached hydrogen (secondary N) is 1. The lowest BCUT2D eigenvalue weighted by molar-refractivity contribution is -0.191. The van der Waals surface area contributed by atoms with Crippen LogP contribution in [0.25, 0.3) is 11.3 Å². The summed E-state index contributed by atoms with van der Waals surface area (Å²) in [7, 11) is -4.20. The third-order valence-electron chi connectivity index (χ3n) is 5.15. The molecule has 2 heterocycles. The van der Waals surface area contributed by atoms with Crippen molar-refractivity contribution >= 4 is 22.0 Å². The Morgan fingerprint density at radius 2 is 1.69 bits per heavy atom. The number of hydrogen-bond acceptors (Lipinski definition) is 7. The number of hydrogen-bond donors (Lipinski definition) is 1. The molecule has 1 N–H and O–H groups in total. The van der Waals surface area contributed by atoms with Crippen LogP contribution in [0.3, 0.4) is 0 Å². The molecule has 8 nitrogen and oxygen atoms in total. The molecule has 1 saturated carbocycles. The maximum Gasteiger partial charge on any atom is 0.418 e. The van der Waals surface area contributed by atoms with Crippen LogP contribution in [-0.4, -0.2) is 30.6 Å². The molecule has 0 spiro atoms. The summed E-state index contributed by atoms with van der Waals surface area (Å²) in [5, 5.41) is -0.312. The van der Waals surface area contributed by atoms with Gasteiger partial charge < -0.3 is 4.74 Å². The molecule has 1 aliphatic carbocycles. The van der Waals surface area contributed by atoms with Crippen molar-refractivity contribution in [1.29, 1.82) is 0 Å². The number of anilines is 1. The summed E-state index contributed by atoms with van der Waals surface area (Å²) in [5.41, 5.74) is -0.475. The Morgan fingerprint density at radius 3 is 2.29 bits per heavy atom. The molecule has 184 valence electrons. The average molecular weight is 507 g/mol. The molecule has 2 aromatic heterocycles. The van der Waals surface area contributed by atoms with Gasteiger partial charge in [0.25, 0.3) is 10.0 Å². The van der Waals surface area contributed by atoms with Crippen molar-refractivity contribution in [1.82, 2.24) is 9.97 Å². The normalized spacial score (nSPS) is 13.6. The molecule has 1 aliphatic rings. The molecule has 1 aromatic carbocycles. The number of pyridine rings is 2. The summed E-state index contributed by atoms with van der Waals surface area (Å²) in [4.78, 5) is 24.3. The van der Waals surface area contributed by atoms with Gasteiger partial charge in [-0.3, -0.25) is 4.72 Å². The van der Waals surface area contributed by atoms with Gasteiger partial charge in [0.2, 0.25) is 5.88 Å². The highest BCUT2D eigenvalue weighted by Gasteiger charge is 2.35. The Labute approximate surface area is 199 Å². The fraction of sp³-hybridized carbons (Fsp3) is 0.261. The Morgan fingerprint density at radius 1 is 1.00 bits per heavy atom. The highest BCUT2D eigenvalue weighted by molar-refractivity contribution is 7.92. The lowest BCUT2D eigenvalue weighted by Gasteiger charge is -2.25. The van der Waals surface area contributed by atoms with Crippen LogP contribution in [-0.2, 0) is 25.8 Å². The second-order valence-corrected chi connectivity index (χ2v) is 9.21. The molecule has 0 bridgehead atoms. The van der Waals surface area contributed by atoms with E-state index < -0.39 is 21.8 Å². The summed E-state index contributed by atoms with van der Waals surface area (Å²) < 4.78 is 74.3. The first-order valence-corrected chi connectivity index (χ1v) is 11.8. The minimum atomic E-state index is -4.66. The summed E-state index contributed by atoms with van der Waals surface area (Å²) >= 11 is 0. The third-order valence-corrected chi connectivity index (χ3v) is 6.41. The zero-order valence-corrected chi connectivity index (χ0v) is 19.2. The van der Waals surface area contributed by atoms with Crippen LogP contribution in [0.2, 0.25) is 0 Å². The largest absolute Gasteiger partial charge is 0.474 e. The Bertz CT molecular complexity index is 1340. The van der Waals surface area contributed by atoms with E-state index in [2.05, 4.69) is 14.7 Å².